The molecule has 2 aliphatic rings. The van der Waals surface area contributed by atoms with E-state index in [0.717, 1.165) is 33.9 Å². The van der Waals surface area contributed by atoms with Crippen LogP contribution in [0.25, 0.3) is 16.8 Å². The molecule has 5 rings (SSSR count). The summed E-state index contributed by atoms with van der Waals surface area (Å²) in [5.41, 5.74) is 2.91. The number of carbonyl (C=O) groups is 2. The predicted molar refractivity (Wildman–Crippen MR) is 120 cm³/mol. The first kappa shape index (κ1) is 27.4. The second-order valence-electron chi connectivity index (χ2n) is 9.29. The molecule has 1 aromatic carbocycles. The molecule has 3 aromatic rings. The molecule has 0 bridgehead atoms. The maximum Gasteiger partial charge on any atom is 0.418 e. The minimum atomic E-state index is -4.88. The lowest BCUT2D eigenvalue weighted by Gasteiger charge is -2.18. The number of alkyl halides is 8. The van der Waals surface area contributed by atoms with Crippen LogP contribution in [0.1, 0.15) is 22.3 Å². The van der Waals surface area contributed by atoms with Gasteiger partial charge in [0.05, 0.1) is 29.4 Å². The van der Waals surface area contributed by atoms with E-state index in [-0.39, 0.29) is 11.3 Å². The Morgan fingerprint density at radius 2 is 1.88 bits per heavy atom. The van der Waals surface area contributed by atoms with Gasteiger partial charge in [0, 0.05) is 18.5 Å². The van der Waals surface area contributed by atoms with Crippen molar-refractivity contribution in [2.24, 2.45) is 5.92 Å². The minimum Gasteiger partial charge on any atom is -0.434 e. The van der Waals surface area contributed by atoms with Crippen molar-refractivity contribution >= 4 is 23.1 Å². The summed E-state index contributed by atoms with van der Waals surface area (Å²) in [4.78, 5) is 29.7. The van der Waals surface area contributed by atoms with E-state index in [0.29, 0.717) is 6.07 Å². The summed E-state index contributed by atoms with van der Waals surface area (Å²) >= 11 is 0. The van der Waals surface area contributed by atoms with E-state index in [1.165, 1.54) is 0 Å². The van der Waals surface area contributed by atoms with Gasteiger partial charge in [0.1, 0.15) is 29.7 Å². The van der Waals surface area contributed by atoms with Gasteiger partial charge in [0.25, 0.3) is 11.8 Å². The number of anilines is 1. The third-order valence-corrected chi connectivity index (χ3v) is 6.62. The van der Waals surface area contributed by atoms with Crippen molar-refractivity contribution in [1.82, 2.24) is 24.8 Å². The molecule has 3 atom stereocenters. The van der Waals surface area contributed by atoms with Gasteiger partial charge in [0.15, 0.2) is 5.82 Å². The largest absolute Gasteiger partial charge is 0.434 e. The summed E-state index contributed by atoms with van der Waals surface area (Å²) in [6.45, 7) is -4.43. The van der Waals surface area contributed by atoms with Crippen LogP contribution in [-0.2, 0) is 11.0 Å². The second-order valence-corrected chi connectivity index (χ2v) is 9.29. The number of ether oxygens (including phenoxy) is 1. The molecule has 2 amide bonds. The van der Waals surface area contributed by atoms with Crippen molar-refractivity contribution in [2.45, 2.75) is 37.3 Å². The number of amides is 2. The number of hydrogen-bond acceptors (Lipinski definition) is 6. The van der Waals surface area contributed by atoms with E-state index >= 15 is 0 Å². The topological polar surface area (TPSA) is 115 Å². The van der Waals surface area contributed by atoms with Crippen LogP contribution >= 0.6 is 0 Å². The fraction of sp³-hybridized carbons (Fsp3) is 0.391. The molecule has 3 heterocycles. The number of nitrogens with one attached hydrogen (secondary N) is 1. The van der Waals surface area contributed by atoms with Crippen LogP contribution in [0.4, 0.5) is 40.9 Å². The highest BCUT2D eigenvalue weighted by Crippen LogP contribution is 2.50. The average molecular weight is 578 g/mol. The summed E-state index contributed by atoms with van der Waals surface area (Å²) in [5.74, 6) is -8.08. The normalized spacial score (nSPS) is 22.1. The van der Waals surface area contributed by atoms with Gasteiger partial charge in [0.2, 0.25) is 5.91 Å². The van der Waals surface area contributed by atoms with E-state index in [4.69, 9.17) is 5.73 Å². The Labute approximate surface area is 218 Å². The number of aromatic nitrogens is 3. The molecule has 214 valence electrons. The Morgan fingerprint density at radius 1 is 1.18 bits per heavy atom. The third-order valence-electron chi connectivity index (χ3n) is 6.62. The third kappa shape index (κ3) is 4.95. The Balaban J connectivity index is 1.47. The monoisotopic (exact) mass is 578 g/mol. The first-order chi connectivity index (χ1) is 18.7. The molecule has 17 heteroatoms. The fourth-order valence-corrected chi connectivity index (χ4v) is 4.58. The molecule has 1 saturated carbocycles. The highest BCUT2D eigenvalue weighted by Gasteiger charge is 2.63. The number of carbonyl (C=O) groups excluding carboxylic acids is 2. The first-order valence-electron chi connectivity index (χ1n) is 11.6. The summed E-state index contributed by atoms with van der Waals surface area (Å²) in [5, 5.41) is 6.00. The van der Waals surface area contributed by atoms with Crippen LogP contribution in [0, 0.1) is 5.92 Å². The molecular weight excluding hydrogens is 560 g/mol. The molecule has 2 aromatic heterocycles. The van der Waals surface area contributed by atoms with Gasteiger partial charge in [-0.05, 0) is 24.3 Å². The second kappa shape index (κ2) is 9.48. The lowest BCUT2D eigenvalue weighted by molar-refractivity contribution is -0.136. The molecule has 1 aliphatic carbocycles. The minimum absolute atomic E-state index is 0.105. The number of nitrogen functional groups attached to an aromatic ring is 1. The maximum absolute atomic E-state index is 14.6. The van der Waals surface area contributed by atoms with Crippen LogP contribution in [-0.4, -0.2) is 69.1 Å². The van der Waals surface area contributed by atoms with Crippen LogP contribution < -0.4 is 15.8 Å². The number of benzene rings is 1. The van der Waals surface area contributed by atoms with Gasteiger partial charge >= 0.3 is 12.8 Å². The van der Waals surface area contributed by atoms with Crippen LogP contribution in [0.15, 0.2) is 30.6 Å². The molecule has 1 aliphatic heterocycles. The van der Waals surface area contributed by atoms with E-state index in [2.05, 4.69) is 20.1 Å². The highest BCUT2D eigenvalue weighted by atomic mass is 19.4. The molecule has 0 spiro atoms. The highest BCUT2D eigenvalue weighted by molar-refractivity contribution is 5.98. The smallest absolute Gasteiger partial charge is 0.418 e. The van der Waals surface area contributed by atoms with Gasteiger partial charge < -0.3 is 20.7 Å². The van der Waals surface area contributed by atoms with Gasteiger partial charge in [-0.15, -0.1) is 0 Å². The number of nitrogens with two attached hydrogens (primary N) is 1. The van der Waals surface area contributed by atoms with E-state index in [1.54, 1.807) is 0 Å². The number of fused-ring (bicyclic) bond motifs is 1. The maximum atomic E-state index is 14.6. The van der Waals surface area contributed by atoms with Crippen molar-refractivity contribution in [3.05, 3.63) is 41.7 Å². The molecule has 3 N–H and O–H groups in total. The molecule has 1 saturated heterocycles. The van der Waals surface area contributed by atoms with Crippen molar-refractivity contribution in [3.63, 3.8) is 0 Å². The quantitative estimate of drug-likeness (QED) is 0.433. The first-order valence-corrected chi connectivity index (χ1v) is 11.6. The van der Waals surface area contributed by atoms with Crippen molar-refractivity contribution in [3.8, 4) is 17.0 Å². The lowest BCUT2D eigenvalue weighted by Crippen LogP contribution is -2.42. The Kier molecular flexibility index (Phi) is 6.49. The van der Waals surface area contributed by atoms with Crippen molar-refractivity contribution < 1.29 is 49.4 Å². The molecule has 1 unspecified atom stereocenters. The Bertz CT molecular complexity index is 1490. The van der Waals surface area contributed by atoms with Gasteiger partial charge in [-0.3, -0.25) is 9.59 Å². The van der Waals surface area contributed by atoms with E-state index in [1.807, 2.05) is 0 Å². The molecular formula is C23H18F8N6O3. The summed E-state index contributed by atoms with van der Waals surface area (Å²) in [6.07, 6.45) is -6.53. The molecule has 9 nitrogen and oxygen atoms in total. The number of nitrogens with zero attached hydrogens (tertiary/aromatic N) is 4. The number of halogens is 8. The van der Waals surface area contributed by atoms with E-state index < -0.39 is 96.4 Å². The number of rotatable bonds is 6. The lowest BCUT2D eigenvalue weighted by atomic mass is 10.1. The zero-order valence-corrected chi connectivity index (χ0v) is 19.9. The molecule has 2 fully saturated rings. The summed E-state index contributed by atoms with van der Waals surface area (Å²) < 4.78 is 114. The Morgan fingerprint density at radius 3 is 2.50 bits per heavy atom. The summed E-state index contributed by atoms with van der Waals surface area (Å²) in [7, 11) is 0. The molecule has 40 heavy (non-hydrogen) atoms. The van der Waals surface area contributed by atoms with E-state index in [9.17, 15) is 44.7 Å². The van der Waals surface area contributed by atoms with Gasteiger partial charge in [-0.25, -0.2) is 22.7 Å². The zero-order chi connectivity index (χ0) is 29.1. The molecule has 0 radical (unpaired) electrons. The van der Waals surface area contributed by atoms with Crippen LogP contribution in [0.5, 0.6) is 5.75 Å². The zero-order valence-electron chi connectivity index (χ0n) is 19.9. The Hall–Kier alpha value is -4.18. The van der Waals surface area contributed by atoms with Crippen LogP contribution in [0.2, 0.25) is 0 Å². The van der Waals surface area contributed by atoms with Crippen LogP contribution in [0.3, 0.4) is 0 Å². The van der Waals surface area contributed by atoms with Crippen molar-refractivity contribution in [2.75, 3.05) is 18.8 Å². The number of hydrogen-bond donors (Lipinski definition) is 2. The van der Waals surface area contributed by atoms with Gasteiger partial charge in [-0.2, -0.15) is 27.1 Å². The van der Waals surface area contributed by atoms with Gasteiger partial charge in [-0.1, -0.05) is 0 Å². The predicted octanol–water partition coefficient (Wildman–Crippen LogP) is 3.53. The average Bonchev–Trinajstić information content (AvgIpc) is 3.16. The fourth-order valence-electron chi connectivity index (χ4n) is 4.58. The SMILES string of the molecule is Nc1ncnn2c(-c3ccc(OC(F)F)c(C(=O)N[C@@H]4CN(C(=O)C5CC5(F)F)C[C@@H]4F)c3)cc(C(F)(F)F)c12. The standard InChI is InChI=1S/C23H18F8N6O3/c24-13-6-36(20(39)12-5-22(12,27)28)7-14(13)35-19(38)10-3-9(1-2-16(10)40-21(25)26)15-4-11(23(29,30)31)17-18(32)33-8-34-37(15)17/h1-4,8,12-14,21H,5-7H2,(H,35,38)(H2,32,33,34)/t12?,13-,14+/m0/s1. The number of likely N-dealkylation sites (tertiary alicyclic amines) is 1. The van der Waals surface area contributed by atoms with Crippen molar-refractivity contribution in [1.29, 1.82) is 0 Å². The summed E-state index contributed by atoms with van der Waals surface area (Å²) in [6, 6.07) is 2.23.